The summed E-state index contributed by atoms with van der Waals surface area (Å²) in [7, 11) is 0. The fourth-order valence-corrected chi connectivity index (χ4v) is 3.66. The number of hydrogen-bond donors (Lipinski definition) is 0. The Bertz CT molecular complexity index is 867. The maximum Gasteiger partial charge on any atom is 0.260 e. The average molecular weight is 416 g/mol. The smallest absolute Gasteiger partial charge is 0.260 e. The Morgan fingerprint density at radius 1 is 1.21 bits per heavy atom. The highest BCUT2D eigenvalue weighted by molar-refractivity contribution is 6.30. The lowest BCUT2D eigenvalue weighted by Crippen LogP contribution is -2.59. The van der Waals surface area contributed by atoms with Crippen molar-refractivity contribution in [2.45, 2.75) is 32.0 Å². The number of hydrogen-bond acceptors (Lipinski definition) is 4. The van der Waals surface area contributed by atoms with Crippen LogP contribution in [0.5, 0.6) is 5.75 Å². The molecule has 1 aliphatic heterocycles. The third-order valence-electron chi connectivity index (χ3n) is 5.08. The van der Waals surface area contributed by atoms with E-state index in [0.717, 1.165) is 5.56 Å². The third kappa shape index (κ3) is 5.69. The number of benzene rings is 2. The minimum atomic E-state index is -0.271. The number of nitrogens with zero attached hydrogens (tertiary/aromatic N) is 3. The van der Waals surface area contributed by atoms with Crippen LogP contribution in [0.4, 0.5) is 4.39 Å². The lowest BCUT2D eigenvalue weighted by Gasteiger charge is -2.44. The van der Waals surface area contributed by atoms with Crippen LogP contribution in [0, 0.1) is 17.1 Å². The maximum absolute atomic E-state index is 13.2. The molecule has 1 saturated heterocycles. The van der Waals surface area contributed by atoms with Crippen LogP contribution in [0.2, 0.25) is 5.02 Å². The molecule has 0 aliphatic carbocycles. The summed E-state index contributed by atoms with van der Waals surface area (Å²) < 4.78 is 18.7. The summed E-state index contributed by atoms with van der Waals surface area (Å²) >= 11 is 5.86. The summed E-state index contributed by atoms with van der Waals surface area (Å²) in [4.78, 5) is 16.7. The van der Waals surface area contributed by atoms with E-state index in [0.29, 0.717) is 36.8 Å². The zero-order valence-corrected chi connectivity index (χ0v) is 17.0. The molecule has 3 rings (SSSR count). The molecule has 1 fully saturated rings. The Kier molecular flexibility index (Phi) is 7.08. The highest BCUT2D eigenvalue weighted by atomic mass is 35.5. The van der Waals surface area contributed by atoms with E-state index in [-0.39, 0.29) is 30.4 Å². The van der Waals surface area contributed by atoms with Crippen molar-refractivity contribution in [2.24, 2.45) is 0 Å². The van der Waals surface area contributed by atoms with E-state index in [4.69, 9.17) is 16.3 Å². The van der Waals surface area contributed by atoms with Gasteiger partial charge in [-0.2, -0.15) is 5.26 Å². The largest absolute Gasteiger partial charge is 0.484 e. The van der Waals surface area contributed by atoms with Crippen LogP contribution in [-0.2, 0) is 11.3 Å². The van der Waals surface area contributed by atoms with Crippen molar-refractivity contribution >= 4 is 17.5 Å². The molecule has 0 saturated carbocycles. The number of carbonyl (C=O) groups excluding carboxylic acids is 1. The Morgan fingerprint density at radius 2 is 1.90 bits per heavy atom. The van der Waals surface area contributed by atoms with Crippen molar-refractivity contribution < 1.29 is 13.9 Å². The number of nitriles is 1. The summed E-state index contributed by atoms with van der Waals surface area (Å²) in [6, 6.07) is 15.3. The molecule has 1 aliphatic rings. The molecule has 2 aromatic carbocycles. The van der Waals surface area contributed by atoms with Gasteiger partial charge in [0.15, 0.2) is 6.61 Å². The molecule has 29 heavy (non-hydrogen) atoms. The lowest BCUT2D eigenvalue weighted by molar-refractivity contribution is -0.139. The van der Waals surface area contributed by atoms with Crippen LogP contribution in [-0.4, -0.2) is 47.5 Å². The molecular weight excluding hydrogens is 393 g/mol. The van der Waals surface area contributed by atoms with Gasteiger partial charge in [-0.3, -0.25) is 9.69 Å². The van der Waals surface area contributed by atoms with Crippen LogP contribution in [0.25, 0.3) is 0 Å². The first-order valence-electron chi connectivity index (χ1n) is 9.49. The van der Waals surface area contributed by atoms with Crippen LogP contribution in [0.3, 0.4) is 0 Å². The van der Waals surface area contributed by atoms with Crippen molar-refractivity contribution in [2.75, 3.05) is 19.7 Å². The molecule has 152 valence electrons. The Labute approximate surface area is 175 Å². The molecule has 0 unspecified atom stereocenters. The monoisotopic (exact) mass is 415 g/mol. The molecule has 2 atom stereocenters. The van der Waals surface area contributed by atoms with Gasteiger partial charge in [0, 0.05) is 36.7 Å². The molecule has 5 nitrogen and oxygen atoms in total. The molecular formula is C22H23ClFN3O2. The van der Waals surface area contributed by atoms with E-state index < -0.39 is 0 Å². The van der Waals surface area contributed by atoms with Crippen LogP contribution >= 0.6 is 11.6 Å². The van der Waals surface area contributed by atoms with Gasteiger partial charge < -0.3 is 9.64 Å². The van der Waals surface area contributed by atoms with Crippen LogP contribution in [0.1, 0.15) is 18.9 Å². The lowest BCUT2D eigenvalue weighted by atomic mass is 10.0. The Morgan fingerprint density at radius 3 is 2.55 bits per heavy atom. The summed E-state index contributed by atoms with van der Waals surface area (Å²) in [5.74, 6) is 0.197. The highest BCUT2D eigenvalue weighted by Crippen LogP contribution is 2.21. The topological polar surface area (TPSA) is 56.6 Å². The molecule has 0 aromatic heterocycles. The number of carbonyl (C=O) groups is 1. The predicted molar refractivity (Wildman–Crippen MR) is 109 cm³/mol. The van der Waals surface area contributed by atoms with Crippen molar-refractivity contribution in [1.29, 1.82) is 5.26 Å². The minimum absolute atomic E-state index is 0.0216. The number of halogens is 2. The molecule has 0 spiro atoms. The summed E-state index contributed by atoms with van der Waals surface area (Å²) in [6.07, 6.45) is 0.315. The molecule has 0 bridgehead atoms. The number of rotatable bonds is 6. The summed E-state index contributed by atoms with van der Waals surface area (Å²) in [5.41, 5.74) is 0.979. The second-order valence-corrected chi connectivity index (χ2v) is 7.65. The molecule has 7 heteroatoms. The summed E-state index contributed by atoms with van der Waals surface area (Å²) in [6.45, 7) is 3.62. The van der Waals surface area contributed by atoms with E-state index in [1.54, 1.807) is 41.3 Å². The van der Waals surface area contributed by atoms with E-state index in [9.17, 15) is 14.4 Å². The zero-order chi connectivity index (χ0) is 20.8. The van der Waals surface area contributed by atoms with Gasteiger partial charge in [0.05, 0.1) is 12.5 Å². The number of amides is 1. The molecule has 1 heterocycles. The predicted octanol–water partition coefficient (Wildman–Crippen LogP) is 3.87. The molecule has 0 N–H and O–H groups in total. The SMILES string of the molecule is C[C@@H]1CN(Cc2ccc(F)cc2)[C@@H](CC#N)CN1C(=O)COc1ccc(Cl)cc1. The second kappa shape index (κ2) is 9.73. The quantitative estimate of drug-likeness (QED) is 0.718. The molecule has 1 amide bonds. The van der Waals surface area contributed by atoms with Gasteiger partial charge >= 0.3 is 0 Å². The van der Waals surface area contributed by atoms with E-state index in [2.05, 4.69) is 11.0 Å². The average Bonchev–Trinajstić information content (AvgIpc) is 2.71. The van der Waals surface area contributed by atoms with Gasteiger partial charge in [0.25, 0.3) is 5.91 Å². The first-order valence-corrected chi connectivity index (χ1v) is 9.87. The first-order chi connectivity index (χ1) is 14.0. The van der Waals surface area contributed by atoms with E-state index in [1.165, 1.54) is 12.1 Å². The van der Waals surface area contributed by atoms with E-state index >= 15 is 0 Å². The van der Waals surface area contributed by atoms with Crippen LogP contribution in [0.15, 0.2) is 48.5 Å². The summed E-state index contributed by atoms with van der Waals surface area (Å²) in [5, 5.41) is 9.84. The zero-order valence-electron chi connectivity index (χ0n) is 16.2. The number of ether oxygens (including phenoxy) is 1. The standard InChI is InChI=1S/C22H23ClFN3O2/c1-16-12-26(13-17-2-6-19(24)7-3-17)20(10-11-25)14-27(16)22(28)15-29-21-8-4-18(23)5-9-21/h2-9,16,20H,10,12-15H2,1H3/t16-,20+/m1/s1. The van der Waals surface area contributed by atoms with Gasteiger partial charge in [-0.15, -0.1) is 0 Å². The van der Waals surface area contributed by atoms with Gasteiger partial charge in [-0.25, -0.2) is 4.39 Å². The molecule has 2 aromatic rings. The third-order valence-corrected chi connectivity index (χ3v) is 5.33. The second-order valence-electron chi connectivity index (χ2n) is 7.21. The van der Waals surface area contributed by atoms with Gasteiger partial charge in [-0.05, 0) is 48.9 Å². The van der Waals surface area contributed by atoms with Crippen molar-refractivity contribution in [3.8, 4) is 11.8 Å². The fraction of sp³-hybridized carbons (Fsp3) is 0.364. The van der Waals surface area contributed by atoms with E-state index in [1.807, 2.05) is 6.92 Å². The fourth-order valence-electron chi connectivity index (χ4n) is 3.53. The van der Waals surface area contributed by atoms with Crippen molar-refractivity contribution in [1.82, 2.24) is 9.80 Å². The highest BCUT2D eigenvalue weighted by Gasteiger charge is 2.34. The molecule has 0 radical (unpaired) electrons. The van der Waals surface area contributed by atoms with Crippen molar-refractivity contribution in [3.05, 3.63) is 64.9 Å². The Hall–Kier alpha value is -2.62. The normalized spacial score (nSPS) is 19.6. The van der Waals surface area contributed by atoms with Gasteiger partial charge in [0.1, 0.15) is 11.6 Å². The Balaban J connectivity index is 1.62. The van der Waals surface area contributed by atoms with Gasteiger partial charge in [0.2, 0.25) is 0 Å². The minimum Gasteiger partial charge on any atom is -0.484 e. The van der Waals surface area contributed by atoms with Crippen LogP contribution < -0.4 is 4.74 Å². The number of piperazine rings is 1. The first kappa shape index (κ1) is 21.1. The van der Waals surface area contributed by atoms with Crippen molar-refractivity contribution in [3.63, 3.8) is 0 Å². The van der Waals surface area contributed by atoms with Gasteiger partial charge in [-0.1, -0.05) is 23.7 Å². The maximum atomic E-state index is 13.2.